The number of anilines is 2. The SMILES string of the molecule is Cc1ccc(NC(=O)COC(=O)c2csc(NCCC(C)C)n2)c(Cl)c1. The smallest absolute Gasteiger partial charge is 0.358 e. The zero-order valence-electron chi connectivity index (χ0n) is 15.0. The van der Waals surface area contributed by atoms with E-state index in [4.69, 9.17) is 16.3 Å². The average Bonchev–Trinajstić information content (AvgIpc) is 3.04. The fraction of sp³-hybridized carbons (Fsp3) is 0.389. The Morgan fingerprint density at radius 3 is 2.81 bits per heavy atom. The Morgan fingerprint density at radius 1 is 1.35 bits per heavy atom. The number of hydrogen-bond acceptors (Lipinski definition) is 6. The highest BCUT2D eigenvalue weighted by atomic mass is 35.5. The number of aromatic nitrogens is 1. The molecule has 0 aliphatic carbocycles. The van der Waals surface area contributed by atoms with Crippen LogP contribution in [0.3, 0.4) is 0 Å². The Hall–Kier alpha value is -2.12. The van der Waals surface area contributed by atoms with E-state index in [2.05, 4.69) is 29.5 Å². The van der Waals surface area contributed by atoms with E-state index in [-0.39, 0.29) is 5.69 Å². The number of nitrogens with one attached hydrogen (secondary N) is 2. The minimum absolute atomic E-state index is 0.184. The maximum Gasteiger partial charge on any atom is 0.358 e. The Kier molecular flexibility index (Phi) is 7.41. The summed E-state index contributed by atoms with van der Waals surface area (Å²) in [4.78, 5) is 28.1. The summed E-state index contributed by atoms with van der Waals surface area (Å²) < 4.78 is 5.00. The zero-order valence-corrected chi connectivity index (χ0v) is 16.5. The number of esters is 1. The normalized spacial score (nSPS) is 10.7. The lowest BCUT2D eigenvalue weighted by molar-refractivity contribution is -0.119. The van der Waals surface area contributed by atoms with Gasteiger partial charge >= 0.3 is 5.97 Å². The monoisotopic (exact) mass is 395 g/mol. The minimum Gasteiger partial charge on any atom is -0.451 e. The van der Waals surface area contributed by atoms with E-state index in [1.54, 1.807) is 17.5 Å². The van der Waals surface area contributed by atoms with Gasteiger partial charge in [-0.05, 0) is 37.0 Å². The molecule has 0 saturated heterocycles. The number of aryl methyl sites for hydroxylation is 1. The fourth-order valence-corrected chi connectivity index (χ4v) is 3.02. The molecule has 0 fully saturated rings. The van der Waals surface area contributed by atoms with Crippen LogP contribution in [0.5, 0.6) is 0 Å². The number of carbonyl (C=O) groups excluding carboxylic acids is 2. The molecule has 0 bridgehead atoms. The molecule has 0 saturated carbocycles. The van der Waals surface area contributed by atoms with Crippen molar-refractivity contribution in [3.05, 3.63) is 39.9 Å². The van der Waals surface area contributed by atoms with Crippen LogP contribution in [0, 0.1) is 12.8 Å². The molecule has 26 heavy (non-hydrogen) atoms. The standard InChI is InChI=1S/C18H22ClN3O3S/c1-11(2)6-7-20-18-22-15(10-26-18)17(24)25-9-16(23)21-14-5-4-12(3)8-13(14)19/h4-5,8,10-11H,6-7,9H2,1-3H3,(H,20,22)(H,21,23). The van der Waals surface area contributed by atoms with Gasteiger partial charge in [-0.1, -0.05) is 31.5 Å². The van der Waals surface area contributed by atoms with Crippen molar-refractivity contribution in [3.63, 3.8) is 0 Å². The summed E-state index contributed by atoms with van der Waals surface area (Å²) in [5.41, 5.74) is 1.65. The van der Waals surface area contributed by atoms with Gasteiger partial charge in [0.1, 0.15) is 0 Å². The fourth-order valence-electron chi connectivity index (χ4n) is 2.03. The maximum absolute atomic E-state index is 12.0. The van der Waals surface area contributed by atoms with Crippen LogP contribution in [0.15, 0.2) is 23.6 Å². The number of amides is 1. The maximum atomic E-state index is 12.0. The van der Waals surface area contributed by atoms with Crippen LogP contribution in [-0.4, -0.2) is 30.0 Å². The van der Waals surface area contributed by atoms with E-state index < -0.39 is 18.5 Å². The second-order valence-electron chi connectivity index (χ2n) is 6.25. The van der Waals surface area contributed by atoms with Crippen molar-refractivity contribution in [1.82, 2.24) is 4.98 Å². The van der Waals surface area contributed by atoms with Gasteiger partial charge in [-0.25, -0.2) is 9.78 Å². The summed E-state index contributed by atoms with van der Waals surface area (Å²) in [5, 5.41) is 8.47. The third-order valence-electron chi connectivity index (χ3n) is 3.44. The lowest BCUT2D eigenvalue weighted by Crippen LogP contribution is -2.21. The first-order valence-corrected chi connectivity index (χ1v) is 9.53. The molecule has 1 aromatic heterocycles. The van der Waals surface area contributed by atoms with Crippen molar-refractivity contribution in [2.75, 3.05) is 23.8 Å². The summed E-state index contributed by atoms with van der Waals surface area (Å²) in [6, 6.07) is 5.27. The number of thiazole rings is 1. The molecule has 0 aliphatic heterocycles. The number of nitrogens with zero attached hydrogens (tertiary/aromatic N) is 1. The van der Waals surface area contributed by atoms with E-state index in [0.717, 1.165) is 18.5 Å². The van der Waals surface area contributed by atoms with Crippen molar-refractivity contribution in [2.24, 2.45) is 5.92 Å². The predicted octanol–water partition coefficient (Wildman–Crippen LogP) is 4.36. The second-order valence-corrected chi connectivity index (χ2v) is 7.52. The zero-order chi connectivity index (χ0) is 19.1. The molecular weight excluding hydrogens is 374 g/mol. The molecule has 140 valence electrons. The van der Waals surface area contributed by atoms with Gasteiger partial charge < -0.3 is 15.4 Å². The highest BCUT2D eigenvalue weighted by Crippen LogP contribution is 2.22. The highest BCUT2D eigenvalue weighted by Gasteiger charge is 2.15. The highest BCUT2D eigenvalue weighted by molar-refractivity contribution is 7.13. The lowest BCUT2D eigenvalue weighted by atomic mass is 10.1. The van der Waals surface area contributed by atoms with E-state index >= 15 is 0 Å². The molecule has 0 radical (unpaired) electrons. The van der Waals surface area contributed by atoms with Gasteiger partial charge in [-0.15, -0.1) is 11.3 Å². The largest absolute Gasteiger partial charge is 0.451 e. The molecule has 0 unspecified atom stereocenters. The Bertz CT molecular complexity index is 777. The van der Waals surface area contributed by atoms with Crippen LogP contribution in [0.2, 0.25) is 5.02 Å². The first-order chi connectivity index (χ1) is 12.3. The molecule has 0 atom stereocenters. The Labute approximate surface area is 161 Å². The quantitative estimate of drug-likeness (QED) is 0.649. The van der Waals surface area contributed by atoms with Crippen molar-refractivity contribution in [1.29, 1.82) is 0 Å². The third kappa shape index (κ3) is 6.31. The van der Waals surface area contributed by atoms with Crippen molar-refractivity contribution >= 4 is 45.6 Å². The molecule has 6 nitrogen and oxygen atoms in total. The van der Waals surface area contributed by atoms with Gasteiger partial charge in [0.05, 0.1) is 10.7 Å². The third-order valence-corrected chi connectivity index (χ3v) is 4.56. The summed E-state index contributed by atoms with van der Waals surface area (Å²) in [6.07, 6.45) is 1.01. The van der Waals surface area contributed by atoms with Gasteiger partial charge in [-0.3, -0.25) is 4.79 Å². The molecule has 1 aromatic carbocycles. The topological polar surface area (TPSA) is 80.3 Å². The Morgan fingerprint density at radius 2 is 2.12 bits per heavy atom. The second kappa shape index (κ2) is 9.54. The van der Waals surface area contributed by atoms with E-state index in [1.807, 2.05) is 13.0 Å². The van der Waals surface area contributed by atoms with E-state index in [1.165, 1.54) is 11.3 Å². The molecule has 8 heteroatoms. The van der Waals surface area contributed by atoms with Crippen LogP contribution < -0.4 is 10.6 Å². The number of carbonyl (C=O) groups is 2. The summed E-state index contributed by atoms with van der Waals surface area (Å²) >= 11 is 7.39. The van der Waals surface area contributed by atoms with Crippen LogP contribution in [0.25, 0.3) is 0 Å². The summed E-state index contributed by atoms with van der Waals surface area (Å²) in [6.45, 7) is 6.57. The van der Waals surface area contributed by atoms with Crippen molar-refractivity contribution in [2.45, 2.75) is 27.2 Å². The molecule has 0 spiro atoms. The molecule has 2 N–H and O–H groups in total. The number of benzene rings is 1. The minimum atomic E-state index is -0.636. The molecule has 1 amide bonds. The van der Waals surface area contributed by atoms with Crippen LogP contribution >= 0.6 is 22.9 Å². The van der Waals surface area contributed by atoms with Gasteiger partial charge in [0.25, 0.3) is 5.91 Å². The molecule has 2 rings (SSSR count). The van der Waals surface area contributed by atoms with E-state index in [0.29, 0.717) is 21.8 Å². The van der Waals surface area contributed by atoms with Crippen LogP contribution in [0.1, 0.15) is 36.3 Å². The average molecular weight is 396 g/mol. The summed E-state index contributed by atoms with van der Waals surface area (Å²) in [7, 11) is 0. The predicted molar refractivity (Wildman–Crippen MR) is 105 cm³/mol. The van der Waals surface area contributed by atoms with Crippen molar-refractivity contribution < 1.29 is 14.3 Å². The number of ether oxygens (including phenoxy) is 1. The lowest BCUT2D eigenvalue weighted by Gasteiger charge is -2.08. The van der Waals surface area contributed by atoms with Gasteiger partial charge in [0.2, 0.25) is 0 Å². The molecule has 1 heterocycles. The first-order valence-electron chi connectivity index (χ1n) is 8.27. The first kappa shape index (κ1) is 20.2. The molecule has 2 aromatic rings. The van der Waals surface area contributed by atoms with Gasteiger partial charge in [0, 0.05) is 11.9 Å². The van der Waals surface area contributed by atoms with Crippen LogP contribution in [0.4, 0.5) is 10.8 Å². The summed E-state index contributed by atoms with van der Waals surface area (Å²) in [5.74, 6) is -0.509. The number of halogens is 1. The van der Waals surface area contributed by atoms with Crippen molar-refractivity contribution in [3.8, 4) is 0 Å². The number of rotatable bonds is 8. The van der Waals surface area contributed by atoms with Gasteiger partial charge in [-0.2, -0.15) is 0 Å². The Balaban J connectivity index is 1.80. The number of hydrogen-bond donors (Lipinski definition) is 2. The van der Waals surface area contributed by atoms with E-state index in [9.17, 15) is 9.59 Å². The molecule has 0 aliphatic rings. The van der Waals surface area contributed by atoms with Crippen LogP contribution in [-0.2, 0) is 9.53 Å². The van der Waals surface area contributed by atoms with Gasteiger partial charge in [0.15, 0.2) is 17.4 Å². The molecular formula is C18H22ClN3O3S.